The fourth-order valence-electron chi connectivity index (χ4n) is 2.72. The highest BCUT2D eigenvalue weighted by molar-refractivity contribution is 6.18. The molecule has 1 saturated heterocycles. The lowest BCUT2D eigenvalue weighted by atomic mass is 9.98. The third-order valence-corrected chi connectivity index (χ3v) is 4.12. The Kier molecular flexibility index (Phi) is 4.28. The second kappa shape index (κ2) is 5.75. The average Bonchev–Trinajstić information content (AvgIpc) is 2.38. The number of hydrogen-bond acceptors (Lipinski definition) is 1. The highest BCUT2D eigenvalue weighted by Crippen LogP contribution is 2.23. The van der Waals surface area contributed by atoms with Crippen molar-refractivity contribution in [1.29, 1.82) is 0 Å². The third-order valence-electron chi connectivity index (χ3n) is 3.76. The van der Waals surface area contributed by atoms with Crippen molar-refractivity contribution in [3.05, 3.63) is 34.9 Å². The van der Waals surface area contributed by atoms with Crippen molar-refractivity contribution < 1.29 is 4.79 Å². The van der Waals surface area contributed by atoms with Gasteiger partial charge in [0.25, 0.3) is 5.91 Å². The monoisotopic (exact) mass is 265 g/mol. The molecular formula is C15H20ClNO. The zero-order chi connectivity index (χ0) is 13.1. The van der Waals surface area contributed by atoms with Crippen LogP contribution in [-0.2, 0) is 0 Å². The molecule has 0 aliphatic carbocycles. The molecule has 1 aromatic carbocycles. The number of carbonyl (C=O) groups is 1. The van der Waals surface area contributed by atoms with E-state index in [0.29, 0.717) is 5.88 Å². The molecule has 2 rings (SSSR count). The van der Waals surface area contributed by atoms with Crippen LogP contribution >= 0.6 is 11.6 Å². The van der Waals surface area contributed by atoms with E-state index in [4.69, 9.17) is 11.6 Å². The van der Waals surface area contributed by atoms with Gasteiger partial charge >= 0.3 is 0 Å². The maximum atomic E-state index is 12.7. The molecule has 0 aromatic heterocycles. The Labute approximate surface area is 114 Å². The molecule has 0 bridgehead atoms. The van der Waals surface area contributed by atoms with Crippen molar-refractivity contribution in [3.63, 3.8) is 0 Å². The van der Waals surface area contributed by atoms with Crippen molar-refractivity contribution in [2.45, 2.75) is 39.2 Å². The molecule has 1 amide bonds. The largest absolute Gasteiger partial charge is 0.334 e. The molecule has 0 spiro atoms. The fraction of sp³-hybridized carbons (Fsp3) is 0.533. The molecule has 0 radical (unpaired) electrons. The Morgan fingerprint density at radius 1 is 1.33 bits per heavy atom. The second-order valence-electron chi connectivity index (χ2n) is 5.07. The van der Waals surface area contributed by atoms with E-state index in [0.717, 1.165) is 36.1 Å². The number of piperidine rings is 1. The van der Waals surface area contributed by atoms with Crippen LogP contribution in [0.3, 0.4) is 0 Å². The summed E-state index contributed by atoms with van der Waals surface area (Å²) < 4.78 is 0. The first-order valence-corrected chi connectivity index (χ1v) is 7.11. The first-order valence-electron chi connectivity index (χ1n) is 6.58. The van der Waals surface area contributed by atoms with Gasteiger partial charge < -0.3 is 4.90 Å². The van der Waals surface area contributed by atoms with Crippen LogP contribution in [-0.4, -0.2) is 29.3 Å². The summed E-state index contributed by atoms with van der Waals surface area (Å²) >= 11 is 5.99. The average molecular weight is 266 g/mol. The van der Waals surface area contributed by atoms with Crippen LogP contribution in [0.1, 0.15) is 40.7 Å². The van der Waals surface area contributed by atoms with Gasteiger partial charge in [0.2, 0.25) is 0 Å². The van der Waals surface area contributed by atoms with Crippen molar-refractivity contribution in [3.8, 4) is 0 Å². The van der Waals surface area contributed by atoms with Gasteiger partial charge in [0, 0.05) is 24.0 Å². The Bertz CT molecular complexity index is 424. The maximum Gasteiger partial charge on any atom is 0.254 e. The number of nitrogens with zero attached hydrogens (tertiary/aromatic N) is 1. The van der Waals surface area contributed by atoms with E-state index in [1.165, 1.54) is 6.42 Å². The van der Waals surface area contributed by atoms with Crippen LogP contribution in [0.25, 0.3) is 0 Å². The summed E-state index contributed by atoms with van der Waals surface area (Å²) in [6.45, 7) is 4.84. The van der Waals surface area contributed by atoms with Gasteiger partial charge in [-0.15, -0.1) is 11.6 Å². The summed E-state index contributed by atoms with van der Waals surface area (Å²) in [5.74, 6) is 0.687. The molecule has 1 atom stereocenters. The molecule has 18 heavy (non-hydrogen) atoms. The standard InChI is InChI=1S/C15H20ClNO/c1-11-6-5-7-12(2)14(11)15(18)17-9-4-3-8-13(17)10-16/h5-7,13H,3-4,8-10H2,1-2H3. The van der Waals surface area contributed by atoms with Crippen molar-refractivity contribution in [2.24, 2.45) is 0 Å². The molecule has 1 aliphatic heterocycles. The Hall–Kier alpha value is -1.02. The first-order chi connectivity index (χ1) is 8.65. The molecule has 2 nitrogen and oxygen atoms in total. The minimum Gasteiger partial charge on any atom is -0.334 e. The normalized spacial score (nSPS) is 19.9. The van der Waals surface area contributed by atoms with E-state index in [2.05, 4.69) is 0 Å². The summed E-state index contributed by atoms with van der Waals surface area (Å²) in [7, 11) is 0. The second-order valence-corrected chi connectivity index (χ2v) is 5.38. The maximum absolute atomic E-state index is 12.7. The van der Waals surface area contributed by atoms with Crippen LogP contribution in [0.2, 0.25) is 0 Å². The number of aryl methyl sites for hydroxylation is 2. The smallest absolute Gasteiger partial charge is 0.254 e. The number of benzene rings is 1. The predicted molar refractivity (Wildman–Crippen MR) is 75.3 cm³/mol. The Morgan fingerprint density at radius 2 is 2.00 bits per heavy atom. The number of amides is 1. The minimum atomic E-state index is 0.149. The number of hydrogen-bond donors (Lipinski definition) is 0. The molecular weight excluding hydrogens is 246 g/mol. The lowest BCUT2D eigenvalue weighted by molar-refractivity contribution is 0.0637. The number of carbonyl (C=O) groups excluding carboxylic acids is 1. The van der Waals surface area contributed by atoms with Crippen LogP contribution in [0.15, 0.2) is 18.2 Å². The zero-order valence-corrected chi connectivity index (χ0v) is 11.8. The minimum absolute atomic E-state index is 0.149. The summed E-state index contributed by atoms with van der Waals surface area (Å²) in [6, 6.07) is 6.20. The number of halogens is 1. The van der Waals surface area contributed by atoms with Gasteiger partial charge in [0.15, 0.2) is 0 Å². The SMILES string of the molecule is Cc1cccc(C)c1C(=O)N1CCCCC1CCl. The Morgan fingerprint density at radius 3 is 2.61 bits per heavy atom. The zero-order valence-electron chi connectivity index (χ0n) is 11.1. The van der Waals surface area contributed by atoms with Crippen LogP contribution < -0.4 is 0 Å². The van der Waals surface area contributed by atoms with Crippen molar-refractivity contribution >= 4 is 17.5 Å². The van der Waals surface area contributed by atoms with Crippen LogP contribution in [0.5, 0.6) is 0 Å². The quantitative estimate of drug-likeness (QED) is 0.749. The molecule has 1 aliphatic rings. The summed E-state index contributed by atoms with van der Waals surface area (Å²) in [5, 5.41) is 0. The number of alkyl halides is 1. The van der Waals surface area contributed by atoms with Crippen LogP contribution in [0, 0.1) is 13.8 Å². The number of rotatable bonds is 2. The molecule has 98 valence electrons. The molecule has 0 saturated carbocycles. The van der Waals surface area contributed by atoms with E-state index in [1.54, 1.807) is 0 Å². The van der Waals surface area contributed by atoms with Gasteiger partial charge in [-0.3, -0.25) is 4.79 Å². The first kappa shape index (κ1) is 13.4. The third kappa shape index (κ3) is 2.54. The van der Waals surface area contributed by atoms with Crippen molar-refractivity contribution in [1.82, 2.24) is 4.90 Å². The van der Waals surface area contributed by atoms with Crippen molar-refractivity contribution in [2.75, 3.05) is 12.4 Å². The van der Waals surface area contributed by atoms with Gasteiger partial charge in [-0.05, 0) is 44.2 Å². The number of likely N-dealkylation sites (tertiary alicyclic amines) is 1. The molecule has 1 unspecified atom stereocenters. The predicted octanol–water partition coefficient (Wildman–Crippen LogP) is 3.54. The summed E-state index contributed by atoms with van der Waals surface area (Å²) in [4.78, 5) is 14.6. The van der Waals surface area contributed by atoms with Gasteiger partial charge in [-0.25, -0.2) is 0 Å². The van der Waals surface area contributed by atoms with Crippen LogP contribution in [0.4, 0.5) is 0 Å². The summed E-state index contributed by atoms with van der Waals surface area (Å²) in [5.41, 5.74) is 2.97. The molecule has 3 heteroatoms. The summed E-state index contributed by atoms with van der Waals surface area (Å²) in [6.07, 6.45) is 3.29. The van der Waals surface area contributed by atoms with Gasteiger partial charge in [-0.2, -0.15) is 0 Å². The lowest BCUT2D eigenvalue weighted by Gasteiger charge is -2.35. The molecule has 1 heterocycles. The molecule has 0 N–H and O–H groups in total. The Balaban J connectivity index is 2.30. The highest BCUT2D eigenvalue weighted by Gasteiger charge is 2.28. The molecule has 1 fully saturated rings. The van der Waals surface area contributed by atoms with E-state index >= 15 is 0 Å². The topological polar surface area (TPSA) is 20.3 Å². The van der Waals surface area contributed by atoms with Gasteiger partial charge in [-0.1, -0.05) is 18.2 Å². The fourth-order valence-corrected chi connectivity index (χ4v) is 3.04. The van der Waals surface area contributed by atoms with E-state index < -0.39 is 0 Å². The van der Waals surface area contributed by atoms with Gasteiger partial charge in [0.1, 0.15) is 0 Å². The van der Waals surface area contributed by atoms with E-state index in [9.17, 15) is 4.79 Å². The molecule has 1 aromatic rings. The van der Waals surface area contributed by atoms with E-state index in [-0.39, 0.29) is 11.9 Å². The van der Waals surface area contributed by atoms with Gasteiger partial charge in [0.05, 0.1) is 0 Å². The highest BCUT2D eigenvalue weighted by atomic mass is 35.5. The lowest BCUT2D eigenvalue weighted by Crippen LogP contribution is -2.45. The van der Waals surface area contributed by atoms with E-state index in [1.807, 2.05) is 36.9 Å².